The van der Waals surface area contributed by atoms with Gasteiger partial charge in [-0.2, -0.15) is 0 Å². The molecule has 2 unspecified atom stereocenters. The Balaban J connectivity index is 1.60. The van der Waals surface area contributed by atoms with Crippen LogP contribution in [0.2, 0.25) is 0 Å². The van der Waals surface area contributed by atoms with E-state index in [2.05, 4.69) is 71.2 Å². The van der Waals surface area contributed by atoms with Crippen LogP contribution in [0.5, 0.6) is 0 Å². The van der Waals surface area contributed by atoms with Crippen molar-refractivity contribution < 1.29 is 14.6 Å². The Bertz CT molecular complexity index is 906. The second kappa shape index (κ2) is 9.18. The number of fused-ring (bicyclic) bond motifs is 3. The Morgan fingerprint density at radius 1 is 1.06 bits per heavy atom. The summed E-state index contributed by atoms with van der Waals surface area (Å²) in [6, 6.07) is 21.6. The summed E-state index contributed by atoms with van der Waals surface area (Å²) in [6.45, 7) is 4.20. The first kappa shape index (κ1) is 22.5. The van der Waals surface area contributed by atoms with Crippen molar-refractivity contribution in [3.05, 3.63) is 71.8 Å². The SMILES string of the molecule is CCC1(C(CCN2CC3CCC2CC3)(c2ccccc2)c2ccccc2)NNC(C(=O)O)O1. The van der Waals surface area contributed by atoms with Gasteiger partial charge in [0.25, 0.3) is 0 Å². The molecule has 1 saturated carbocycles. The molecule has 2 aromatic carbocycles. The molecule has 4 fully saturated rings. The normalized spacial score (nSPS) is 29.9. The van der Waals surface area contributed by atoms with Crippen LogP contribution >= 0.6 is 0 Å². The highest BCUT2D eigenvalue weighted by Crippen LogP contribution is 2.49. The highest BCUT2D eigenvalue weighted by Gasteiger charge is 2.58. The average molecular weight is 450 g/mol. The quantitative estimate of drug-likeness (QED) is 0.568. The van der Waals surface area contributed by atoms with Crippen LogP contribution in [-0.2, 0) is 14.9 Å². The van der Waals surface area contributed by atoms with Crippen LogP contribution in [0.25, 0.3) is 0 Å². The van der Waals surface area contributed by atoms with E-state index in [1.54, 1.807) is 0 Å². The van der Waals surface area contributed by atoms with Crippen molar-refractivity contribution in [2.45, 2.75) is 68.9 Å². The van der Waals surface area contributed by atoms with Gasteiger partial charge in [0.15, 0.2) is 0 Å². The number of carboxylic acids is 1. The molecule has 0 amide bonds. The van der Waals surface area contributed by atoms with Gasteiger partial charge in [-0.1, -0.05) is 67.6 Å². The first-order valence-electron chi connectivity index (χ1n) is 12.4. The Labute approximate surface area is 196 Å². The lowest BCUT2D eigenvalue weighted by molar-refractivity contribution is -0.162. The van der Waals surface area contributed by atoms with Gasteiger partial charge >= 0.3 is 5.97 Å². The maximum absolute atomic E-state index is 11.9. The van der Waals surface area contributed by atoms with Crippen molar-refractivity contribution in [3.8, 4) is 0 Å². The van der Waals surface area contributed by atoms with E-state index >= 15 is 0 Å². The molecule has 0 radical (unpaired) electrons. The van der Waals surface area contributed by atoms with Crippen molar-refractivity contribution in [2.24, 2.45) is 5.92 Å². The van der Waals surface area contributed by atoms with Crippen LogP contribution in [0.3, 0.4) is 0 Å². The zero-order valence-corrected chi connectivity index (χ0v) is 19.4. The number of carboxylic acid groups (broad SMARTS) is 1. The first-order chi connectivity index (χ1) is 16.1. The van der Waals surface area contributed by atoms with Gasteiger partial charge in [-0.05, 0) is 62.1 Å². The lowest BCUT2D eigenvalue weighted by Crippen LogP contribution is -2.62. The number of benzene rings is 2. The second-order valence-electron chi connectivity index (χ2n) is 9.84. The maximum Gasteiger partial charge on any atom is 0.349 e. The Morgan fingerprint density at radius 3 is 2.12 bits per heavy atom. The van der Waals surface area contributed by atoms with Crippen LogP contribution in [0, 0.1) is 5.92 Å². The topological polar surface area (TPSA) is 73.8 Å². The van der Waals surface area contributed by atoms with Gasteiger partial charge in [0.1, 0.15) is 5.72 Å². The van der Waals surface area contributed by atoms with E-state index in [0.29, 0.717) is 12.5 Å². The minimum atomic E-state index is -1.09. The molecular formula is C27H35N3O3. The lowest BCUT2D eigenvalue weighted by atomic mass is 9.63. The van der Waals surface area contributed by atoms with E-state index in [-0.39, 0.29) is 0 Å². The molecule has 3 heterocycles. The predicted octanol–water partition coefficient (Wildman–Crippen LogP) is 3.88. The Kier molecular flexibility index (Phi) is 6.27. The number of piperidine rings is 2. The Hall–Kier alpha value is -2.25. The standard InChI is InChI=1S/C27H35N3O3/c1-2-27(29-28-24(33-27)25(31)32)26(21-9-5-3-6-10-21,22-11-7-4-8-12-22)17-18-30-19-20-13-15-23(30)16-14-20/h3-12,20,23-24,28-29H,2,13-19H2,1H3,(H,31,32). The van der Waals surface area contributed by atoms with E-state index in [1.165, 1.54) is 32.2 Å². The van der Waals surface area contributed by atoms with Crippen LogP contribution in [0.4, 0.5) is 0 Å². The smallest absolute Gasteiger partial charge is 0.349 e. The van der Waals surface area contributed by atoms with Gasteiger partial charge in [-0.15, -0.1) is 0 Å². The van der Waals surface area contributed by atoms with Crippen molar-refractivity contribution in [2.75, 3.05) is 13.1 Å². The lowest BCUT2D eigenvalue weighted by Gasteiger charge is -2.51. The summed E-state index contributed by atoms with van der Waals surface area (Å²) in [5.74, 6) is -0.196. The molecule has 0 aromatic heterocycles. The third-order valence-electron chi connectivity index (χ3n) is 8.27. The van der Waals surface area contributed by atoms with Crippen molar-refractivity contribution in [1.29, 1.82) is 0 Å². The van der Waals surface area contributed by atoms with E-state index in [4.69, 9.17) is 4.74 Å². The van der Waals surface area contributed by atoms with Gasteiger partial charge in [0.2, 0.25) is 6.23 Å². The highest BCUT2D eigenvalue weighted by atomic mass is 16.6. The van der Waals surface area contributed by atoms with Gasteiger partial charge in [0, 0.05) is 12.6 Å². The van der Waals surface area contributed by atoms with E-state index < -0.39 is 23.3 Å². The van der Waals surface area contributed by atoms with Crippen LogP contribution in [-0.4, -0.2) is 47.1 Å². The number of hydrogen-bond acceptors (Lipinski definition) is 5. The molecule has 6 rings (SSSR count). The third kappa shape index (κ3) is 3.89. The fraction of sp³-hybridized carbons (Fsp3) is 0.519. The molecule has 33 heavy (non-hydrogen) atoms. The molecule has 6 heteroatoms. The summed E-state index contributed by atoms with van der Waals surface area (Å²) in [7, 11) is 0. The number of nitrogens with one attached hydrogen (secondary N) is 2. The van der Waals surface area contributed by atoms with Gasteiger partial charge in [-0.25, -0.2) is 15.6 Å². The predicted molar refractivity (Wildman–Crippen MR) is 127 cm³/mol. The second-order valence-corrected chi connectivity index (χ2v) is 9.84. The van der Waals surface area contributed by atoms with Crippen molar-refractivity contribution in [1.82, 2.24) is 15.8 Å². The molecule has 3 N–H and O–H groups in total. The highest BCUT2D eigenvalue weighted by molar-refractivity contribution is 5.72. The Morgan fingerprint density at radius 2 is 1.67 bits per heavy atom. The van der Waals surface area contributed by atoms with Crippen molar-refractivity contribution in [3.63, 3.8) is 0 Å². The monoisotopic (exact) mass is 449 g/mol. The third-order valence-corrected chi connectivity index (χ3v) is 8.27. The molecule has 2 bridgehead atoms. The summed E-state index contributed by atoms with van der Waals surface area (Å²) in [6.07, 6.45) is 5.66. The number of hydrogen-bond donors (Lipinski definition) is 3. The molecular weight excluding hydrogens is 414 g/mol. The fourth-order valence-corrected chi connectivity index (χ4v) is 6.56. The molecule has 4 aliphatic rings. The van der Waals surface area contributed by atoms with Crippen molar-refractivity contribution >= 4 is 5.97 Å². The maximum atomic E-state index is 11.9. The summed E-state index contributed by atoms with van der Waals surface area (Å²) in [5, 5.41) is 9.72. The van der Waals surface area contributed by atoms with Crippen LogP contribution in [0.1, 0.15) is 56.6 Å². The number of carbonyl (C=O) groups is 1. The molecule has 2 aromatic rings. The molecule has 1 aliphatic carbocycles. The molecule has 3 aliphatic heterocycles. The van der Waals surface area contributed by atoms with Gasteiger partial charge in [0.05, 0.1) is 5.41 Å². The van der Waals surface area contributed by atoms with Gasteiger partial charge < -0.3 is 14.7 Å². The van der Waals surface area contributed by atoms with Crippen LogP contribution in [0.15, 0.2) is 60.7 Å². The molecule has 0 spiro atoms. The number of aliphatic carboxylic acids is 1. The number of ether oxygens (including phenoxy) is 1. The summed E-state index contributed by atoms with van der Waals surface area (Å²) in [5.41, 5.74) is 7.06. The largest absolute Gasteiger partial charge is 0.478 e. The van der Waals surface area contributed by atoms with Gasteiger partial charge in [-0.3, -0.25) is 0 Å². The minimum Gasteiger partial charge on any atom is -0.478 e. The zero-order chi connectivity index (χ0) is 22.9. The van der Waals surface area contributed by atoms with Crippen LogP contribution < -0.4 is 10.9 Å². The van der Waals surface area contributed by atoms with E-state index in [1.807, 2.05) is 12.1 Å². The summed E-state index contributed by atoms with van der Waals surface area (Å²) >= 11 is 0. The summed E-state index contributed by atoms with van der Waals surface area (Å²) in [4.78, 5) is 14.5. The molecule has 3 saturated heterocycles. The number of nitrogens with zero attached hydrogens (tertiary/aromatic N) is 1. The number of rotatable bonds is 8. The number of hydrazine groups is 1. The fourth-order valence-electron chi connectivity index (χ4n) is 6.56. The van der Waals surface area contributed by atoms with E-state index in [0.717, 1.165) is 30.0 Å². The zero-order valence-electron chi connectivity index (χ0n) is 19.4. The summed E-state index contributed by atoms with van der Waals surface area (Å²) < 4.78 is 6.40. The molecule has 176 valence electrons. The molecule has 6 nitrogen and oxygen atoms in total. The molecule has 2 atom stereocenters. The van der Waals surface area contributed by atoms with E-state index in [9.17, 15) is 9.90 Å². The minimum absolute atomic E-state index is 0.571. The average Bonchev–Trinajstić information content (AvgIpc) is 3.33. The first-order valence-corrected chi connectivity index (χ1v) is 12.4.